The number of fused-ring (bicyclic) bond motifs is 1. The van der Waals surface area contributed by atoms with Gasteiger partial charge in [0.1, 0.15) is 23.1 Å². The van der Waals surface area contributed by atoms with Crippen molar-refractivity contribution in [3.8, 4) is 11.1 Å². The van der Waals surface area contributed by atoms with Crippen LogP contribution in [-0.2, 0) is 0 Å². The Morgan fingerprint density at radius 1 is 1.23 bits per heavy atom. The van der Waals surface area contributed by atoms with Crippen LogP contribution in [0.15, 0.2) is 36.7 Å². The van der Waals surface area contributed by atoms with Gasteiger partial charge in [0, 0.05) is 11.2 Å². The number of nitrogens with one attached hydrogen (secondary N) is 1. The molecule has 2 aromatic heterocycles. The van der Waals surface area contributed by atoms with Crippen molar-refractivity contribution in [2.45, 2.75) is 24.7 Å². The molecular weight excluding hydrogens is 392 g/mol. The number of aromatic nitrogens is 4. The summed E-state index contributed by atoms with van der Waals surface area (Å²) in [6.07, 6.45) is 5.82. The van der Waals surface area contributed by atoms with Crippen molar-refractivity contribution < 1.29 is 4.39 Å². The van der Waals surface area contributed by atoms with Crippen molar-refractivity contribution in [2.24, 2.45) is 0 Å². The summed E-state index contributed by atoms with van der Waals surface area (Å²) >= 11 is 12.7. The van der Waals surface area contributed by atoms with Gasteiger partial charge < -0.3 is 5.32 Å². The molecule has 3 aromatic rings. The number of nitrogens with zero attached hydrogens (tertiary/aromatic N) is 4. The zero-order chi connectivity index (χ0) is 18.3. The zero-order valence-electron chi connectivity index (χ0n) is 13.9. The maximum Gasteiger partial charge on any atom is 0.255 e. The lowest BCUT2D eigenvalue weighted by Crippen LogP contribution is -2.33. The molecule has 0 bridgehead atoms. The Kier molecular flexibility index (Phi) is 4.68. The molecule has 133 valence electrons. The van der Waals surface area contributed by atoms with Crippen LogP contribution in [0.25, 0.3) is 16.9 Å². The Hall–Kier alpha value is -1.96. The molecule has 0 spiro atoms. The normalized spacial score (nSPS) is 15.7. The number of halogens is 3. The lowest BCUT2D eigenvalue weighted by molar-refractivity contribution is 0.631. The molecule has 1 N–H and O–H groups in total. The van der Waals surface area contributed by atoms with Crippen molar-refractivity contribution in [2.75, 3.05) is 5.32 Å². The first-order valence-corrected chi connectivity index (χ1v) is 10.9. The minimum Gasteiger partial charge on any atom is -0.370 e. The van der Waals surface area contributed by atoms with Crippen LogP contribution in [0.1, 0.15) is 6.92 Å². The number of benzene rings is 1. The fourth-order valence-electron chi connectivity index (χ4n) is 3.12. The highest BCUT2D eigenvalue weighted by Gasteiger charge is 2.26. The molecule has 1 aliphatic rings. The van der Waals surface area contributed by atoms with Gasteiger partial charge in [0.2, 0.25) is 0 Å². The number of allylic oxidation sites excluding steroid dienone is 2. The molecule has 0 aliphatic carbocycles. The first-order valence-electron chi connectivity index (χ1n) is 8.16. The van der Waals surface area contributed by atoms with Crippen molar-refractivity contribution >= 4 is 43.6 Å². The molecule has 1 aliphatic heterocycles. The first-order chi connectivity index (χ1) is 12.6. The van der Waals surface area contributed by atoms with Gasteiger partial charge in [-0.2, -0.15) is 19.6 Å². The van der Waals surface area contributed by atoms with Crippen LogP contribution in [0, 0.1) is 5.82 Å². The molecule has 3 heterocycles. The van der Waals surface area contributed by atoms with E-state index in [0.29, 0.717) is 17.2 Å². The summed E-state index contributed by atoms with van der Waals surface area (Å²) in [5.74, 6) is 0.442. The topological polar surface area (TPSA) is 55.1 Å². The van der Waals surface area contributed by atoms with E-state index in [0.717, 1.165) is 12.1 Å². The maximum atomic E-state index is 14.6. The van der Waals surface area contributed by atoms with Crippen molar-refractivity contribution in [3.05, 3.63) is 52.7 Å². The van der Waals surface area contributed by atoms with E-state index in [9.17, 15) is 4.39 Å². The monoisotopic (exact) mass is 406 g/mol. The van der Waals surface area contributed by atoms with Crippen LogP contribution in [0.3, 0.4) is 0 Å². The number of hydrogen-bond acceptors (Lipinski definition) is 4. The molecule has 26 heavy (non-hydrogen) atoms. The Labute approximate surface area is 161 Å². The Balaban J connectivity index is 1.90. The average Bonchev–Trinajstić information content (AvgIpc) is 3.28. The highest BCUT2D eigenvalue weighted by atomic mass is 35.5. The van der Waals surface area contributed by atoms with Gasteiger partial charge in [-0.25, -0.2) is 4.39 Å². The predicted molar refractivity (Wildman–Crippen MR) is 104 cm³/mol. The second-order valence-electron chi connectivity index (χ2n) is 6.10. The summed E-state index contributed by atoms with van der Waals surface area (Å²) in [4.78, 5) is 8.36. The second-order valence-corrected chi connectivity index (χ2v) is 9.86. The van der Waals surface area contributed by atoms with E-state index in [1.807, 2.05) is 0 Å². The smallest absolute Gasteiger partial charge is 0.255 e. The third-order valence-electron chi connectivity index (χ3n) is 4.49. The van der Waals surface area contributed by atoms with E-state index in [1.165, 1.54) is 12.4 Å². The van der Waals surface area contributed by atoms with Gasteiger partial charge in [-0.3, -0.25) is 0 Å². The quantitative estimate of drug-likeness (QED) is 0.389. The molecular formula is C17H15Cl2FN5Si. The van der Waals surface area contributed by atoms with E-state index < -0.39 is 14.6 Å². The zero-order valence-corrected chi connectivity index (χ0v) is 16.4. The molecule has 1 radical (unpaired) electrons. The Morgan fingerprint density at radius 3 is 2.73 bits per heavy atom. The Morgan fingerprint density at radius 2 is 2.00 bits per heavy atom. The van der Waals surface area contributed by atoms with Gasteiger partial charge >= 0.3 is 0 Å². The van der Waals surface area contributed by atoms with Gasteiger partial charge in [0.05, 0.1) is 19.4 Å². The van der Waals surface area contributed by atoms with E-state index in [-0.39, 0.29) is 21.4 Å². The number of rotatable bonds is 4. The molecule has 0 saturated heterocycles. The highest BCUT2D eigenvalue weighted by Crippen LogP contribution is 2.40. The lowest BCUT2D eigenvalue weighted by Gasteiger charge is -2.23. The molecule has 0 saturated carbocycles. The minimum atomic E-state index is -0.643. The van der Waals surface area contributed by atoms with Crippen LogP contribution >= 0.6 is 23.2 Å². The van der Waals surface area contributed by atoms with Crippen LogP contribution in [0.2, 0.25) is 22.3 Å². The van der Waals surface area contributed by atoms with Crippen LogP contribution < -0.4 is 5.32 Å². The third-order valence-corrected chi connectivity index (χ3v) is 7.97. The third kappa shape index (κ3) is 3.00. The summed E-state index contributed by atoms with van der Waals surface area (Å²) in [6.45, 7) is 2.13. The van der Waals surface area contributed by atoms with Crippen LogP contribution in [-0.4, -0.2) is 34.0 Å². The van der Waals surface area contributed by atoms with Crippen LogP contribution in [0.5, 0.6) is 0 Å². The van der Waals surface area contributed by atoms with Gasteiger partial charge in [0.25, 0.3) is 5.78 Å². The second kappa shape index (κ2) is 6.98. The van der Waals surface area contributed by atoms with E-state index in [2.05, 4.69) is 39.5 Å². The molecule has 4 rings (SSSR count). The first kappa shape index (κ1) is 17.5. The fourth-order valence-corrected chi connectivity index (χ4v) is 5.79. The number of anilines is 1. The van der Waals surface area contributed by atoms with E-state index in [4.69, 9.17) is 23.2 Å². The lowest BCUT2D eigenvalue weighted by atomic mass is 10.1. The average molecular weight is 407 g/mol. The van der Waals surface area contributed by atoms with E-state index in [1.54, 1.807) is 16.6 Å². The molecule has 1 aromatic carbocycles. The molecule has 1 unspecified atom stereocenters. The van der Waals surface area contributed by atoms with Gasteiger partial charge in [-0.05, 0) is 31.1 Å². The molecule has 5 nitrogen and oxygen atoms in total. The number of hydrogen-bond donors (Lipinski definition) is 1. The van der Waals surface area contributed by atoms with Gasteiger partial charge in [0.15, 0.2) is 0 Å². The Bertz CT molecular complexity index is 978. The van der Waals surface area contributed by atoms with Crippen molar-refractivity contribution in [3.63, 3.8) is 0 Å². The largest absolute Gasteiger partial charge is 0.370 e. The van der Waals surface area contributed by atoms with Crippen molar-refractivity contribution in [1.29, 1.82) is 0 Å². The maximum absolute atomic E-state index is 14.6. The SMILES string of the molecule is CC(Nc1c(-c2c(F)cccc2Cl)c(Cl)nc2ncnn12)[Si]1CC=CC1. The van der Waals surface area contributed by atoms with E-state index >= 15 is 0 Å². The van der Waals surface area contributed by atoms with Gasteiger partial charge in [-0.15, -0.1) is 0 Å². The van der Waals surface area contributed by atoms with Gasteiger partial charge in [-0.1, -0.05) is 41.4 Å². The van der Waals surface area contributed by atoms with Crippen molar-refractivity contribution in [1.82, 2.24) is 19.6 Å². The molecule has 9 heteroatoms. The predicted octanol–water partition coefficient (Wildman–Crippen LogP) is 4.64. The standard InChI is InChI=1S/C17H15Cl2FN5Si/c1-10(26-7-2-3-8-26)23-16-14(13-11(18)5-4-6-12(13)20)15(19)24-17-21-9-22-25(16)17/h2-6,9-10,23H,7-8H2,1H3. The molecule has 0 fully saturated rings. The minimum absolute atomic E-state index is 0.133. The molecule has 1 atom stereocenters. The molecule has 0 amide bonds. The summed E-state index contributed by atoms with van der Waals surface area (Å²) in [5, 5.41) is 8.13. The summed E-state index contributed by atoms with van der Waals surface area (Å²) in [5.41, 5.74) is 0.818. The highest BCUT2D eigenvalue weighted by molar-refractivity contribution is 6.63. The fraction of sp³-hybridized carbons (Fsp3) is 0.235. The van der Waals surface area contributed by atoms with Crippen LogP contribution in [0.4, 0.5) is 10.2 Å². The summed E-state index contributed by atoms with van der Waals surface area (Å²) in [6, 6.07) is 6.72. The summed E-state index contributed by atoms with van der Waals surface area (Å²) in [7, 11) is -0.643. The summed E-state index contributed by atoms with van der Waals surface area (Å²) < 4.78 is 16.2.